The molecule has 1 heterocycles. The van der Waals surface area contributed by atoms with Crippen LogP contribution in [-0.4, -0.2) is 5.11 Å². The van der Waals surface area contributed by atoms with E-state index in [1.807, 2.05) is 34.4 Å². The molecule has 0 saturated heterocycles. The second kappa shape index (κ2) is 3.54. The van der Waals surface area contributed by atoms with Gasteiger partial charge in [0.25, 0.3) is 0 Å². The van der Waals surface area contributed by atoms with Gasteiger partial charge in [-0.05, 0) is 16.1 Å². The number of hydrogen-bond acceptors (Lipinski definition) is 1. The van der Waals surface area contributed by atoms with E-state index in [0.29, 0.717) is 5.76 Å². The fourth-order valence-electron chi connectivity index (χ4n) is 1.37. The van der Waals surface area contributed by atoms with E-state index in [9.17, 15) is 5.11 Å². The zero-order valence-electron chi connectivity index (χ0n) is 7.29. The third kappa shape index (κ3) is 1.63. The Balaban J connectivity index is 2.48. The minimum Gasteiger partial charge on any atom is -0.507 e. The Morgan fingerprint density at radius 3 is 2.38 bits per heavy atom. The molecule has 0 fully saturated rings. The highest BCUT2D eigenvalue weighted by Crippen LogP contribution is 2.43. The van der Waals surface area contributed by atoms with Crippen molar-refractivity contribution in [1.82, 2.24) is 0 Å². The lowest BCUT2D eigenvalue weighted by Crippen LogP contribution is -1.86. The Morgan fingerprint density at radius 1 is 1.15 bits per heavy atom. The summed E-state index contributed by atoms with van der Waals surface area (Å²) in [6.07, 6.45) is 0. The lowest BCUT2D eigenvalue weighted by atomic mass is 10.1. The second-order valence-electron chi connectivity index (χ2n) is 2.88. The van der Waals surface area contributed by atoms with Gasteiger partial charge in [-0.1, -0.05) is 51.5 Å². The molecule has 1 aliphatic heterocycles. The highest BCUT2D eigenvalue weighted by molar-refractivity contribution is 14.2. The van der Waals surface area contributed by atoms with Crippen LogP contribution < -0.4 is 0 Å². The molecule has 1 nitrogen and oxygen atoms in total. The number of allylic oxidation sites excluding steroid dienone is 2. The lowest BCUT2D eigenvalue weighted by Gasteiger charge is -2.03. The third-order valence-corrected chi connectivity index (χ3v) is 4.36. The van der Waals surface area contributed by atoms with Crippen molar-refractivity contribution in [2.24, 2.45) is 0 Å². The Hall–Kier alpha value is -0.770. The third-order valence-electron chi connectivity index (χ3n) is 1.98. The fraction of sp³-hybridized carbons (Fsp3) is 0.0909. The largest absolute Gasteiger partial charge is 0.507 e. The second-order valence-corrected chi connectivity index (χ2v) is 5.74. The molecule has 0 aromatic heterocycles. The SMILES string of the molecule is CC1=C(c2ccccc2)C(O)=C[I]1. The highest BCUT2D eigenvalue weighted by Gasteiger charge is 2.15. The van der Waals surface area contributed by atoms with Gasteiger partial charge >= 0.3 is 0 Å². The van der Waals surface area contributed by atoms with Gasteiger partial charge in [-0.15, -0.1) is 0 Å². The predicted molar refractivity (Wildman–Crippen MR) is 63.8 cm³/mol. The van der Waals surface area contributed by atoms with Crippen molar-refractivity contribution in [1.29, 1.82) is 0 Å². The van der Waals surface area contributed by atoms with Gasteiger partial charge in [0.1, 0.15) is 5.76 Å². The van der Waals surface area contributed by atoms with E-state index in [1.165, 1.54) is 3.58 Å². The monoisotopic (exact) mass is 285 g/mol. The van der Waals surface area contributed by atoms with E-state index < -0.39 is 0 Å². The first-order chi connectivity index (χ1) is 6.29. The first-order valence-corrected chi connectivity index (χ1v) is 6.40. The van der Waals surface area contributed by atoms with E-state index >= 15 is 0 Å². The molecule has 13 heavy (non-hydrogen) atoms. The van der Waals surface area contributed by atoms with Gasteiger partial charge in [-0.2, -0.15) is 0 Å². The normalized spacial score (nSPS) is 16.2. The molecule has 0 amide bonds. The molecule has 0 spiro atoms. The number of benzene rings is 1. The van der Waals surface area contributed by atoms with Gasteiger partial charge in [-0.25, -0.2) is 0 Å². The van der Waals surface area contributed by atoms with Crippen LogP contribution in [0.15, 0.2) is 43.8 Å². The van der Waals surface area contributed by atoms with Crippen LogP contribution in [0.3, 0.4) is 0 Å². The van der Waals surface area contributed by atoms with Crippen molar-refractivity contribution in [3.8, 4) is 0 Å². The van der Waals surface area contributed by atoms with Crippen LogP contribution in [0.2, 0.25) is 0 Å². The summed E-state index contributed by atoms with van der Waals surface area (Å²) in [5.74, 6) is 0.469. The molecule has 67 valence electrons. The topological polar surface area (TPSA) is 20.2 Å². The maximum absolute atomic E-state index is 9.64. The minimum absolute atomic E-state index is 0.0592. The van der Waals surface area contributed by atoms with Crippen LogP contribution >= 0.6 is 21.2 Å². The van der Waals surface area contributed by atoms with E-state index in [-0.39, 0.29) is 21.2 Å². The Kier molecular flexibility index (Phi) is 2.40. The van der Waals surface area contributed by atoms with Crippen LogP contribution in [-0.2, 0) is 0 Å². The maximum Gasteiger partial charge on any atom is 0.129 e. The summed E-state index contributed by atoms with van der Waals surface area (Å²) >= 11 is -0.0592. The molecule has 1 aromatic carbocycles. The van der Waals surface area contributed by atoms with Gasteiger partial charge in [0.05, 0.1) is 0 Å². The van der Waals surface area contributed by atoms with Crippen molar-refractivity contribution in [2.45, 2.75) is 6.92 Å². The van der Waals surface area contributed by atoms with Crippen LogP contribution in [0.4, 0.5) is 0 Å². The van der Waals surface area contributed by atoms with Gasteiger partial charge in [-0.3, -0.25) is 0 Å². The lowest BCUT2D eigenvalue weighted by molar-refractivity contribution is 0.440. The molecular weight excluding hydrogens is 275 g/mol. The molecule has 0 saturated carbocycles. The van der Waals surface area contributed by atoms with Crippen molar-refractivity contribution in [3.05, 3.63) is 49.3 Å². The summed E-state index contributed by atoms with van der Waals surface area (Å²) in [5, 5.41) is 9.64. The molecular formula is C11H10IO. The van der Waals surface area contributed by atoms with Gasteiger partial charge in [0.2, 0.25) is 0 Å². The molecule has 1 N–H and O–H groups in total. The van der Waals surface area contributed by atoms with Crippen molar-refractivity contribution in [2.75, 3.05) is 0 Å². The van der Waals surface area contributed by atoms with Crippen LogP contribution in [0.5, 0.6) is 0 Å². The average Bonchev–Trinajstić information content (AvgIpc) is 2.48. The van der Waals surface area contributed by atoms with E-state index in [0.717, 1.165) is 11.1 Å². The Bertz CT molecular complexity index is 376. The Morgan fingerprint density at radius 2 is 1.85 bits per heavy atom. The van der Waals surface area contributed by atoms with Crippen LogP contribution in [0, 0.1) is 0 Å². The summed E-state index contributed by atoms with van der Waals surface area (Å²) < 4.78 is 3.32. The average molecular weight is 285 g/mol. The number of aliphatic hydroxyl groups is 1. The standard InChI is InChI=1S/C11H10IO/c1-8-11(10(13)7-12-8)9-5-3-2-4-6-9/h2-7,13H,1H3. The molecule has 1 radical (unpaired) electrons. The maximum atomic E-state index is 9.64. The minimum atomic E-state index is -0.0592. The van der Waals surface area contributed by atoms with E-state index in [1.54, 1.807) is 0 Å². The number of rotatable bonds is 1. The highest BCUT2D eigenvalue weighted by atomic mass is 127. The number of aliphatic hydroxyl groups excluding tert-OH is 1. The quantitative estimate of drug-likeness (QED) is 0.778. The summed E-state index contributed by atoms with van der Waals surface area (Å²) in [6, 6.07) is 10.1. The number of hydrogen-bond donors (Lipinski definition) is 1. The van der Waals surface area contributed by atoms with Gasteiger partial charge in [0.15, 0.2) is 0 Å². The zero-order valence-corrected chi connectivity index (χ0v) is 9.45. The Labute approximate surface area is 88.1 Å². The molecule has 0 atom stereocenters. The molecule has 0 unspecified atom stereocenters. The summed E-state index contributed by atoms with van der Waals surface area (Å²) in [4.78, 5) is 0. The first-order valence-electron chi connectivity index (χ1n) is 4.08. The van der Waals surface area contributed by atoms with Gasteiger partial charge < -0.3 is 5.11 Å². The van der Waals surface area contributed by atoms with Crippen LogP contribution in [0.25, 0.3) is 5.57 Å². The smallest absolute Gasteiger partial charge is 0.129 e. The first kappa shape index (κ1) is 8.81. The summed E-state index contributed by atoms with van der Waals surface area (Å²) in [5.41, 5.74) is 2.18. The van der Waals surface area contributed by atoms with E-state index in [2.05, 4.69) is 6.92 Å². The molecule has 1 aliphatic rings. The molecule has 0 bridgehead atoms. The predicted octanol–water partition coefficient (Wildman–Crippen LogP) is 3.80. The van der Waals surface area contributed by atoms with Crippen molar-refractivity contribution >= 4 is 26.8 Å². The molecule has 0 aliphatic carbocycles. The molecule has 1 aromatic rings. The van der Waals surface area contributed by atoms with Crippen LogP contribution in [0.1, 0.15) is 12.5 Å². The zero-order chi connectivity index (χ0) is 9.26. The summed E-state index contributed by atoms with van der Waals surface area (Å²) in [6.45, 7) is 2.11. The molecule has 2 heteroatoms. The van der Waals surface area contributed by atoms with E-state index in [4.69, 9.17) is 0 Å². The van der Waals surface area contributed by atoms with Crippen molar-refractivity contribution in [3.63, 3.8) is 0 Å². The number of halogens is 1. The van der Waals surface area contributed by atoms with Crippen molar-refractivity contribution < 1.29 is 5.11 Å². The molecule has 2 rings (SSSR count). The van der Waals surface area contributed by atoms with Gasteiger partial charge in [0, 0.05) is 9.66 Å². The summed E-state index contributed by atoms with van der Waals surface area (Å²) in [7, 11) is 0. The fourth-order valence-corrected chi connectivity index (χ4v) is 3.34.